The van der Waals surface area contributed by atoms with E-state index in [1.165, 1.54) is 27.7 Å². The molecule has 5 saturated carbocycles. The molecule has 7 fully saturated rings. The molecule has 0 bridgehead atoms. The van der Waals surface area contributed by atoms with Gasteiger partial charge in [0.2, 0.25) is 0 Å². The lowest BCUT2D eigenvalue weighted by Crippen LogP contribution is -2.74. The molecule has 0 amide bonds. The average Bonchev–Trinajstić information content (AvgIpc) is 3.65. The zero-order chi connectivity index (χ0) is 34.5. The van der Waals surface area contributed by atoms with Gasteiger partial charge >= 0.3 is 23.9 Å². The molecule has 0 aromatic carbocycles. The van der Waals surface area contributed by atoms with Crippen molar-refractivity contribution in [1.82, 2.24) is 0 Å². The molecule has 260 valence electrons. The van der Waals surface area contributed by atoms with E-state index in [2.05, 4.69) is 0 Å². The van der Waals surface area contributed by atoms with Crippen molar-refractivity contribution in [2.75, 3.05) is 0 Å². The molecule has 47 heavy (non-hydrogen) atoms. The first kappa shape index (κ1) is 32.9. The average molecular weight is 663 g/mol. The summed E-state index contributed by atoms with van der Waals surface area (Å²) in [6.07, 6.45) is -7.36. The fourth-order valence-corrected chi connectivity index (χ4v) is 12.5. The van der Waals surface area contributed by atoms with Crippen LogP contribution in [0, 0.1) is 57.7 Å². The van der Waals surface area contributed by atoms with E-state index in [0.717, 1.165) is 0 Å². The summed E-state index contributed by atoms with van der Waals surface area (Å²) in [5.41, 5.74) is -5.80. The minimum atomic E-state index is -1.99. The van der Waals surface area contributed by atoms with E-state index in [4.69, 9.17) is 23.7 Å². The maximum absolute atomic E-state index is 14.3. The van der Waals surface area contributed by atoms with Gasteiger partial charge in [-0.2, -0.15) is 0 Å². The third-order valence-electron chi connectivity index (χ3n) is 14.3. The van der Waals surface area contributed by atoms with E-state index < -0.39 is 130 Å². The van der Waals surface area contributed by atoms with Gasteiger partial charge in [0, 0.05) is 66.6 Å². The van der Waals surface area contributed by atoms with Crippen LogP contribution in [0.25, 0.3) is 0 Å². The number of Topliss-reactive ketones (excluding diaryl/α,β-unsaturated/α-hetero) is 1. The molecule has 0 aromatic rings. The Hall–Kier alpha value is -2.61. The fraction of sp³-hybridized carbons (Fsp3) is 0.853. The lowest BCUT2D eigenvalue weighted by molar-refractivity contribution is -0.273. The molecular weight excluding hydrogens is 616 g/mol. The third kappa shape index (κ3) is 3.88. The van der Waals surface area contributed by atoms with E-state index in [1.54, 1.807) is 13.8 Å². The topological polar surface area (TPSA) is 195 Å². The number of carbonyl (C=O) groups excluding carboxylic acids is 5. The maximum Gasteiger partial charge on any atom is 0.338 e. The Labute approximate surface area is 272 Å². The Morgan fingerprint density at radius 3 is 2.00 bits per heavy atom. The number of ketones is 1. The number of fused-ring (bicyclic) bond motifs is 10. The third-order valence-corrected chi connectivity index (χ3v) is 14.3. The molecule has 13 nitrogen and oxygen atoms in total. The molecule has 0 spiro atoms. The van der Waals surface area contributed by atoms with Crippen molar-refractivity contribution >= 4 is 29.7 Å². The van der Waals surface area contributed by atoms with Crippen LogP contribution in [0.5, 0.6) is 0 Å². The molecule has 2 saturated heterocycles. The first-order valence-corrected chi connectivity index (χ1v) is 16.8. The minimum Gasteiger partial charge on any atom is -0.459 e. The first-order chi connectivity index (χ1) is 21.7. The molecule has 0 aromatic heterocycles. The number of aliphatic hydroxyl groups excluding tert-OH is 2. The molecule has 3 N–H and O–H groups in total. The molecule has 7 rings (SSSR count). The highest BCUT2D eigenvalue weighted by molar-refractivity contribution is 5.88. The van der Waals surface area contributed by atoms with Gasteiger partial charge in [0.1, 0.15) is 36.6 Å². The Morgan fingerprint density at radius 2 is 1.40 bits per heavy atom. The largest absolute Gasteiger partial charge is 0.459 e. The highest BCUT2D eigenvalue weighted by Gasteiger charge is 2.83. The van der Waals surface area contributed by atoms with Gasteiger partial charge in [-0.05, 0) is 31.6 Å². The van der Waals surface area contributed by atoms with E-state index in [9.17, 15) is 39.3 Å². The van der Waals surface area contributed by atoms with Crippen LogP contribution in [0.15, 0.2) is 0 Å². The molecular formula is C34H46O13. The Morgan fingerprint density at radius 1 is 0.809 bits per heavy atom. The molecule has 1 unspecified atom stereocenters. The summed E-state index contributed by atoms with van der Waals surface area (Å²) < 4.78 is 29.9. The van der Waals surface area contributed by atoms with Gasteiger partial charge in [-0.3, -0.25) is 19.2 Å². The van der Waals surface area contributed by atoms with Crippen LogP contribution in [0.1, 0.15) is 68.2 Å². The fourth-order valence-electron chi connectivity index (χ4n) is 12.5. The number of carbonyl (C=O) groups is 5. The highest BCUT2D eigenvalue weighted by atomic mass is 16.6. The Kier molecular flexibility index (Phi) is 6.99. The lowest BCUT2D eigenvalue weighted by Gasteiger charge is -2.65. The van der Waals surface area contributed by atoms with Crippen LogP contribution in [-0.4, -0.2) is 99.4 Å². The van der Waals surface area contributed by atoms with Gasteiger partial charge < -0.3 is 39.0 Å². The van der Waals surface area contributed by atoms with Crippen LogP contribution >= 0.6 is 0 Å². The van der Waals surface area contributed by atoms with Gasteiger partial charge in [0.05, 0.1) is 12.2 Å². The van der Waals surface area contributed by atoms with Crippen molar-refractivity contribution in [2.24, 2.45) is 57.7 Å². The first-order valence-electron chi connectivity index (χ1n) is 16.8. The number of hydrogen-bond acceptors (Lipinski definition) is 13. The number of ether oxygens (including phenoxy) is 5. The Bertz CT molecular complexity index is 1440. The Balaban J connectivity index is 1.49. The number of hydrogen-bond donors (Lipinski definition) is 3. The smallest absolute Gasteiger partial charge is 0.338 e. The second-order valence-corrected chi connectivity index (χ2v) is 16.3. The monoisotopic (exact) mass is 662 g/mol. The summed E-state index contributed by atoms with van der Waals surface area (Å²) in [5.74, 6) is -8.69. The van der Waals surface area contributed by atoms with Crippen LogP contribution in [0.3, 0.4) is 0 Å². The molecule has 2 aliphatic heterocycles. The minimum absolute atomic E-state index is 0.248. The van der Waals surface area contributed by atoms with E-state index >= 15 is 0 Å². The van der Waals surface area contributed by atoms with E-state index in [1.807, 2.05) is 13.8 Å². The normalized spacial score (nSPS) is 56.8. The van der Waals surface area contributed by atoms with E-state index in [0.29, 0.717) is 6.42 Å². The van der Waals surface area contributed by atoms with Crippen molar-refractivity contribution in [1.29, 1.82) is 0 Å². The summed E-state index contributed by atoms with van der Waals surface area (Å²) in [6, 6.07) is 0. The van der Waals surface area contributed by atoms with Gasteiger partial charge in [-0.15, -0.1) is 0 Å². The molecule has 2 heterocycles. The zero-order valence-corrected chi connectivity index (χ0v) is 28.0. The molecule has 5 aliphatic carbocycles. The summed E-state index contributed by atoms with van der Waals surface area (Å²) in [5, 5.41) is 36.5. The molecule has 13 heteroatoms. The van der Waals surface area contributed by atoms with Crippen LogP contribution in [0.4, 0.5) is 0 Å². The van der Waals surface area contributed by atoms with Gasteiger partial charge in [0.25, 0.3) is 0 Å². The van der Waals surface area contributed by atoms with Gasteiger partial charge in [0.15, 0.2) is 11.4 Å². The lowest BCUT2D eigenvalue weighted by atomic mass is 9.41. The van der Waals surface area contributed by atoms with Crippen molar-refractivity contribution in [3.8, 4) is 0 Å². The molecule has 19 atom stereocenters. The highest BCUT2D eigenvalue weighted by Crippen LogP contribution is 2.75. The zero-order valence-electron chi connectivity index (χ0n) is 28.0. The predicted molar refractivity (Wildman–Crippen MR) is 157 cm³/mol. The number of esters is 4. The second-order valence-electron chi connectivity index (χ2n) is 16.3. The molecule has 7 aliphatic rings. The van der Waals surface area contributed by atoms with Crippen molar-refractivity contribution in [2.45, 2.75) is 123 Å². The van der Waals surface area contributed by atoms with Crippen LogP contribution < -0.4 is 0 Å². The number of epoxide rings is 1. The molecule has 0 radical (unpaired) electrons. The SMILES string of the molecule is CC(=O)O[C@H]1C2[C@H]([C@@H]3[C@@H](O)[C@@H]4[C@H]([C@H](C)C[C@@H]5OC(=O)[C@@](C)(O)[C@]45C)[C@@]3(C)[C@H]1OC(C)=O)[C@@H](O)C(=O)[C@H]1C[C@@H]3O[C@@H]3[C@H](OC(C)=O)[C@]21C. The van der Waals surface area contributed by atoms with Crippen molar-refractivity contribution < 1.29 is 63.0 Å². The van der Waals surface area contributed by atoms with Crippen LogP contribution in [-0.2, 0) is 47.7 Å². The van der Waals surface area contributed by atoms with Crippen molar-refractivity contribution in [3.05, 3.63) is 0 Å². The van der Waals surface area contributed by atoms with E-state index in [-0.39, 0.29) is 18.4 Å². The van der Waals surface area contributed by atoms with Gasteiger partial charge in [-0.1, -0.05) is 27.7 Å². The van der Waals surface area contributed by atoms with Crippen molar-refractivity contribution in [3.63, 3.8) is 0 Å². The number of rotatable bonds is 3. The maximum atomic E-state index is 14.3. The van der Waals surface area contributed by atoms with Crippen LogP contribution in [0.2, 0.25) is 0 Å². The second kappa shape index (κ2) is 9.98. The van der Waals surface area contributed by atoms with Gasteiger partial charge in [-0.25, -0.2) is 4.79 Å². The summed E-state index contributed by atoms with van der Waals surface area (Å²) in [4.78, 5) is 65.9. The standard InChI is InChI=1S/C34H46O13/c1-11-9-17-33(7,34(8,42)30(41)47-17)22-19(11)32(6)20(25(22)40)18-21(27(43-12(2)35)29(32)45-14(4)37)31(5)15(23(38)24(18)39)10-16-26(46-16)28(31)44-13(3)36/h11,15-22,24-29,39-40,42H,9-10H2,1-8H3/t11-,15-,16+,17+,18+,19+,20-,21?,22+,24-,25-,26+,27+,28+,29+,31+,32-,33+,34-/m1/s1. The predicted octanol–water partition coefficient (Wildman–Crippen LogP) is 0.717. The summed E-state index contributed by atoms with van der Waals surface area (Å²) in [6.45, 7) is 12.4. The summed E-state index contributed by atoms with van der Waals surface area (Å²) >= 11 is 0. The summed E-state index contributed by atoms with van der Waals surface area (Å²) in [7, 11) is 0. The quantitative estimate of drug-likeness (QED) is 0.217. The number of aliphatic hydroxyl groups is 3.